The summed E-state index contributed by atoms with van der Waals surface area (Å²) >= 11 is 5.73. The maximum absolute atomic E-state index is 10.4. The summed E-state index contributed by atoms with van der Waals surface area (Å²) in [5.74, 6) is -1.39. The molecule has 1 aromatic carbocycles. The Balaban J connectivity index is 3.12. The molecule has 88 valence electrons. The number of ether oxygens (including phenoxy) is 1. The SMILES string of the molecule is COc1cc(Cl)cc(C(O)CC(=O)O)c1O. The van der Waals surface area contributed by atoms with Gasteiger partial charge in [0.05, 0.1) is 19.6 Å². The Hall–Kier alpha value is -1.46. The first-order valence-corrected chi connectivity index (χ1v) is 4.79. The second-order valence-corrected chi connectivity index (χ2v) is 3.60. The third kappa shape index (κ3) is 2.77. The van der Waals surface area contributed by atoms with Gasteiger partial charge < -0.3 is 20.1 Å². The largest absolute Gasteiger partial charge is 0.504 e. The van der Waals surface area contributed by atoms with Gasteiger partial charge in [-0.15, -0.1) is 0 Å². The van der Waals surface area contributed by atoms with E-state index in [0.29, 0.717) is 0 Å². The van der Waals surface area contributed by atoms with Crippen LogP contribution in [0, 0.1) is 0 Å². The summed E-state index contributed by atoms with van der Waals surface area (Å²) in [5.41, 5.74) is 0.0340. The highest BCUT2D eigenvalue weighted by Crippen LogP contribution is 2.37. The van der Waals surface area contributed by atoms with Crippen LogP contribution < -0.4 is 4.74 Å². The normalized spacial score (nSPS) is 12.2. The van der Waals surface area contributed by atoms with Crippen molar-refractivity contribution in [3.8, 4) is 11.5 Å². The molecule has 0 aliphatic carbocycles. The number of carbonyl (C=O) groups is 1. The Kier molecular flexibility index (Phi) is 3.98. The molecular weight excluding hydrogens is 236 g/mol. The number of halogens is 1. The van der Waals surface area contributed by atoms with Gasteiger partial charge in [-0.2, -0.15) is 0 Å². The number of methoxy groups -OCH3 is 1. The maximum Gasteiger partial charge on any atom is 0.306 e. The lowest BCUT2D eigenvalue weighted by Gasteiger charge is -2.13. The minimum absolute atomic E-state index is 0.0340. The molecule has 0 fully saturated rings. The van der Waals surface area contributed by atoms with Crippen LogP contribution in [0.1, 0.15) is 18.1 Å². The number of aliphatic hydroxyl groups excluding tert-OH is 1. The summed E-state index contributed by atoms with van der Waals surface area (Å²) < 4.78 is 4.83. The summed E-state index contributed by atoms with van der Waals surface area (Å²) in [5, 5.41) is 28.0. The second-order valence-electron chi connectivity index (χ2n) is 3.16. The van der Waals surface area contributed by atoms with Crippen molar-refractivity contribution in [2.45, 2.75) is 12.5 Å². The Morgan fingerprint density at radius 1 is 1.56 bits per heavy atom. The number of carboxylic acids is 1. The number of carboxylic acid groups (broad SMARTS) is 1. The molecule has 16 heavy (non-hydrogen) atoms. The van der Waals surface area contributed by atoms with Crippen LogP contribution in [0.15, 0.2) is 12.1 Å². The summed E-state index contributed by atoms with van der Waals surface area (Å²) in [6.45, 7) is 0. The zero-order valence-corrected chi connectivity index (χ0v) is 9.23. The first-order valence-electron chi connectivity index (χ1n) is 4.42. The topological polar surface area (TPSA) is 87.0 Å². The van der Waals surface area contributed by atoms with Gasteiger partial charge >= 0.3 is 5.97 Å². The molecule has 1 unspecified atom stereocenters. The van der Waals surface area contributed by atoms with Gasteiger partial charge in [0, 0.05) is 16.7 Å². The third-order valence-corrected chi connectivity index (χ3v) is 2.23. The Bertz CT molecular complexity index is 404. The van der Waals surface area contributed by atoms with Gasteiger partial charge in [-0.1, -0.05) is 11.6 Å². The molecule has 0 aliphatic rings. The fourth-order valence-corrected chi connectivity index (χ4v) is 1.50. The molecular formula is C10H11ClO5. The lowest BCUT2D eigenvalue weighted by Crippen LogP contribution is -2.06. The van der Waals surface area contributed by atoms with Gasteiger partial charge in [-0.05, 0) is 6.07 Å². The lowest BCUT2D eigenvalue weighted by atomic mass is 10.1. The predicted molar refractivity (Wildman–Crippen MR) is 56.9 cm³/mol. The van der Waals surface area contributed by atoms with Crippen LogP contribution in [-0.4, -0.2) is 28.4 Å². The average Bonchev–Trinajstić information content (AvgIpc) is 2.19. The minimum atomic E-state index is -1.33. The van der Waals surface area contributed by atoms with E-state index in [1.165, 1.54) is 19.2 Å². The summed E-state index contributed by atoms with van der Waals surface area (Å²) in [6.07, 6.45) is -1.85. The molecule has 0 heterocycles. The van der Waals surface area contributed by atoms with Gasteiger partial charge in [0.2, 0.25) is 0 Å². The summed E-state index contributed by atoms with van der Waals surface area (Å²) in [6, 6.07) is 2.67. The molecule has 6 heteroatoms. The highest BCUT2D eigenvalue weighted by Gasteiger charge is 2.19. The fourth-order valence-electron chi connectivity index (χ4n) is 1.28. The quantitative estimate of drug-likeness (QED) is 0.751. The van der Waals surface area contributed by atoms with E-state index in [1.807, 2.05) is 0 Å². The van der Waals surface area contributed by atoms with Crippen LogP contribution in [0.25, 0.3) is 0 Å². The molecule has 3 N–H and O–H groups in total. The van der Waals surface area contributed by atoms with E-state index in [-0.39, 0.29) is 22.1 Å². The molecule has 1 aromatic rings. The zero-order chi connectivity index (χ0) is 12.3. The molecule has 0 radical (unpaired) electrons. The molecule has 0 spiro atoms. The molecule has 0 amide bonds. The first kappa shape index (κ1) is 12.6. The number of phenols is 1. The van der Waals surface area contributed by atoms with E-state index in [1.54, 1.807) is 0 Å². The van der Waals surface area contributed by atoms with Crippen molar-refractivity contribution in [3.63, 3.8) is 0 Å². The summed E-state index contributed by atoms with van der Waals surface area (Å²) in [7, 11) is 1.33. The van der Waals surface area contributed by atoms with Crippen LogP contribution in [0.4, 0.5) is 0 Å². The van der Waals surface area contributed by atoms with Crippen molar-refractivity contribution in [2.24, 2.45) is 0 Å². The van der Waals surface area contributed by atoms with Crippen LogP contribution in [0.3, 0.4) is 0 Å². The van der Waals surface area contributed by atoms with Gasteiger partial charge in [0.1, 0.15) is 0 Å². The van der Waals surface area contributed by atoms with Crippen molar-refractivity contribution in [1.29, 1.82) is 0 Å². The van der Waals surface area contributed by atoms with Gasteiger partial charge in [0.15, 0.2) is 11.5 Å². The highest BCUT2D eigenvalue weighted by molar-refractivity contribution is 6.30. The highest BCUT2D eigenvalue weighted by atomic mass is 35.5. The van der Waals surface area contributed by atoms with Crippen molar-refractivity contribution in [3.05, 3.63) is 22.7 Å². The van der Waals surface area contributed by atoms with Gasteiger partial charge in [-0.3, -0.25) is 4.79 Å². The average molecular weight is 247 g/mol. The number of aliphatic hydroxyl groups is 1. The number of hydrogen-bond acceptors (Lipinski definition) is 4. The molecule has 0 aliphatic heterocycles. The number of aromatic hydroxyl groups is 1. The van der Waals surface area contributed by atoms with Crippen molar-refractivity contribution in [1.82, 2.24) is 0 Å². The van der Waals surface area contributed by atoms with E-state index in [2.05, 4.69) is 0 Å². The molecule has 0 saturated carbocycles. The molecule has 5 nitrogen and oxygen atoms in total. The van der Waals surface area contributed by atoms with Crippen molar-refractivity contribution >= 4 is 17.6 Å². The molecule has 0 aromatic heterocycles. The van der Waals surface area contributed by atoms with E-state index < -0.39 is 18.5 Å². The number of aliphatic carboxylic acids is 1. The number of rotatable bonds is 4. The van der Waals surface area contributed by atoms with E-state index in [0.717, 1.165) is 0 Å². The van der Waals surface area contributed by atoms with E-state index >= 15 is 0 Å². The van der Waals surface area contributed by atoms with Gasteiger partial charge in [-0.25, -0.2) is 0 Å². The minimum Gasteiger partial charge on any atom is -0.504 e. The van der Waals surface area contributed by atoms with Crippen LogP contribution in [0.5, 0.6) is 11.5 Å². The predicted octanol–water partition coefficient (Wildman–Crippen LogP) is 1.56. The zero-order valence-electron chi connectivity index (χ0n) is 8.48. The molecule has 1 rings (SSSR count). The number of hydrogen-bond donors (Lipinski definition) is 3. The third-order valence-electron chi connectivity index (χ3n) is 2.02. The Morgan fingerprint density at radius 3 is 2.69 bits per heavy atom. The number of benzene rings is 1. The second kappa shape index (κ2) is 5.05. The monoisotopic (exact) mass is 246 g/mol. The number of phenolic OH excluding ortho intramolecular Hbond substituents is 1. The van der Waals surface area contributed by atoms with Crippen LogP contribution >= 0.6 is 11.6 Å². The Labute approximate surface area is 96.9 Å². The van der Waals surface area contributed by atoms with Gasteiger partial charge in [0.25, 0.3) is 0 Å². The van der Waals surface area contributed by atoms with E-state index in [4.69, 9.17) is 21.4 Å². The van der Waals surface area contributed by atoms with Crippen molar-refractivity contribution < 1.29 is 24.9 Å². The summed E-state index contributed by atoms with van der Waals surface area (Å²) in [4.78, 5) is 10.4. The smallest absolute Gasteiger partial charge is 0.306 e. The van der Waals surface area contributed by atoms with Crippen molar-refractivity contribution in [2.75, 3.05) is 7.11 Å². The van der Waals surface area contributed by atoms with Crippen LogP contribution in [-0.2, 0) is 4.79 Å². The maximum atomic E-state index is 10.4. The van der Waals surface area contributed by atoms with E-state index in [9.17, 15) is 15.0 Å². The Morgan fingerprint density at radius 2 is 2.19 bits per heavy atom. The lowest BCUT2D eigenvalue weighted by molar-refractivity contribution is -0.139. The molecule has 0 bridgehead atoms. The standard InChI is InChI=1S/C10H11ClO5/c1-16-8-3-5(11)2-6(10(8)15)7(12)4-9(13)14/h2-3,7,12,15H,4H2,1H3,(H,13,14). The fraction of sp³-hybridized carbons (Fsp3) is 0.300. The molecule has 0 saturated heterocycles. The molecule has 1 atom stereocenters. The first-order chi connectivity index (χ1) is 7.45. The van der Waals surface area contributed by atoms with Crippen LogP contribution in [0.2, 0.25) is 5.02 Å².